The maximum Gasteiger partial charge on any atom is 0.150 e. The zero-order valence-electron chi connectivity index (χ0n) is 12.0. The summed E-state index contributed by atoms with van der Waals surface area (Å²) in [5, 5.41) is 0. The third-order valence-corrected chi connectivity index (χ3v) is 3.23. The number of aryl methyl sites for hydroxylation is 1. The highest BCUT2D eigenvalue weighted by atomic mass is 16.5. The highest BCUT2D eigenvalue weighted by Crippen LogP contribution is 2.31. The normalized spacial score (nSPS) is 11.4. The Hall–Kier alpha value is -1.96. The van der Waals surface area contributed by atoms with Crippen LogP contribution in [0.2, 0.25) is 0 Å². The van der Waals surface area contributed by atoms with Crippen LogP contribution in [0.25, 0.3) is 0 Å². The van der Waals surface area contributed by atoms with Gasteiger partial charge in [0.25, 0.3) is 0 Å². The standard InChI is InChI=1S/C17H21NO/c1-12-6-5-7-15(16(12)18)19-14-10-8-13(9-11-14)17(2,3)4/h5-11H,18H2,1-4H3. The van der Waals surface area contributed by atoms with Crippen LogP contribution in [0.4, 0.5) is 5.69 Å². The van der Waals surface area contributed by atoms with Gasteiger partial charge < -0.3 is 10.5 Å². The Balaban J connectivity index is 2.23. The van der Waals surface area contributed by atoms with Crippen LogP contribution in [0.3, 0.4) is 0 Å². The molecule has 0 bridgehead atoms. The molecule has 0 unspecified atom stereocenters. The molecule has 2 heteroatoms. The zero-order chi connectivity index (χ0) is 14.0. The Morgan fingerprint density at radius 2 is 1.58 bits per heavy atom. The van der Waals surface area contributed by atoms with Gasteiger partial charge in [-0.3, -0.25) is 0 Å². The molecule has 0 fully saturated rings. The number of ether oxygens (including phenoxy) is 1. The van der Waals surface area contributed by atoms with Crippen LogP contribution in [0.15, 0.2) is 42.5 Å². The molecule has 0 aliphatic carbocycles. The van der Waals surface area contributed by atoms with Crippen LogP contribution in [0, 0.1) is 6.92 Å². The molecule has 0 saturated heterocycles. The first-order chi connectivity index (χ1) is 8.88. The molecule has 0 radical (unpaired) electrons. The maximum absolute atomic E-state index is 6.00. The van der Waals surface area contributed by atoms with Gasteiger partial charge in [0.15, 0.2) is 5.75 Å². The van der Waals surface area contributed by atoms with Gasteiger partial charge in [0, 0.05) is 0 Å². The zero-order valence-corrected chi connectivity index (χ0v) is 12.0. The highest BCUT2D eigenvalue weighted by Gasteiger charge is 2.13. The summed E-state index contributed by atoms with van der Waals surface area (Å²) in [6.45, 7) is 8.56. The summed E-state index contributed by atoms with van der Waals surface area (Å²) >= 11 is 0. The van der Waals surface area contributed by atoms with Gasteiger partial charge in [0.2, 0.25) is 0 Å². The van der Waals surface area contributed by atoms with Crippen molar-refractivity contribution in [3.63, 3.8) is 0 Å². The topological polar surface area (TPSA) is 35.2 Å². The molecule has 0 heterocycles. The molecule has 2 nitrogen and oxygen atoms in total. The van der Waals surface area contributed by atoms with Crippen molar-refractivity contribution in [2.45, 2.75) is 33.1 Å². The minimum absolute atomic E-state index is 0.154. The van der Waals surface area contributed by atoms with Gasteiger partial charge in [-0.25, -0.2) is 0 Å². The molecule has 2 aromatic carbocycles. The third-order valence-electron chi connectivity index (χ3n) is 3.23. The molecule has 0 aromatic heterocycles. The molecule has 2 N–H and O–H groups in total. The molecule has 19 heavy (non-hydrogen) atoms. The fourth-order valence-electron chi connectivity index (χ4n) is 1.89. The summed E-state index contributed by atoms with van der Waals surface area (Å²) < 4.78 is 5.83. The van der Waals surface area contributed by atoms with Crippen molar-refractivity contribution < 1.29 is 4.74 Å². The van der Waals surface area contributed by atoms with Crippen LogP contribution in [-0.4, -0.2) is 0 Å². The van der Waals surface area contributed by atoms with Crippen molar-refractivity contribution in [2.75, 3.05) is 5.73 Å². The quantitative estimate of drug-likeness (QED) is 0.792. The summed E-state index contributed by atoms with van der Waals surface area (Å²) in [6, 6.07) is 14.0. The lowest BCUT2D eigenvalue weighted by molar-refractivity contribution is 0.483. The Labute approximate surface area is 115 Å². The average Bonchev–Trinajstić information content (AvgIpc) is 2.35. The maximum atomic E-state index is 6.00. The van der Waals surface area contributed by atoms with Crippen LogP contribution in [0.1, 0.15) is 31.9 Å². The molecule has 2 rings (SSSR count). The Morgan fingerprint density at radius 1 is 0.947 bits per heavy atom. The molecule has 0 atom stereocenters. The third kappa shape index (κ3) is 3.08. The number of rotatable bonds is 2. The van der Waals surface area contributed by atoms with Crippen molar-refractivity contribution in [3.05, 3.63) is 53.6 Å². The summed E-state index contributed by atoms with van der Waals surface area (Å²) in [7, 11) is 0. The molecular formula is C17H21NO. The summed E-state index contributed by atoms with van der Waals surface area (Å²) in [6.07, 6.45) is 0. The predicted molar refractivity (Wildman–Crippen MR) is 80.8 cm³/mol. The molecule has 0 aliphatic rings. The first-order valence-electron chi connectivity index (χ1n) is 6.51. The van der Waals surface area contributed by atoms with Gasteiger partial charge >= 0.3 is 0 Å². The fourth-order valence-corrected chi connectivity index (χ4v) is 1.89. The second kappa shape index (κ2) is 4.96. The smallest absolute Gasteiger partial charge is 0.150 e. The molecule has 0 amide bonds. The van der Waals surface area contributed by atoms with E-state index in [4.69, 9.17) is 10.5 Å². The van der Waals surface area contributed by atoms with Crippen molar-refractivity contribution in [3.8, 4) is 11.5 Å². The first-order valence-corrected chi connectivity index (χ1v) is 6.51. The number of nitrogen functional groups attached to an aromatic ring is 1. The van der Waals surface area contributed by atoms with Crippen LogP contribution in [0.5, 0.6) is 11.5 Å². The van der Waals surface area contributed by atoms with E-state index in [0.29, 0.717) is 11.4 Å². The Morgan fingerprint density at radius 3 is 2.16 bits per heavy atom. The van der Waals surface area contributed by atoms with Gasteiger partial charge in [0.1, 0.15) is 5.75 Å². The number of nitrogens with two attached hydrogens (primary N) is 1. The van der Waals surface area contributed by atoms with E-state index < -0.39 is 0 Å². The van der Waals surface area contributed by atoms with Gasteiger partial charge in [-0.05, 0) is 41.7 Å². The molecule has 100 valence electrons. The van der Waals surface area contributed by atoms with E-state index in [1.54, 1.807) is 0 Å². The summed E-state index contributed by atoms with van der Waals surface area (Å²) in [5.41, 5.74) is 9.18. The number of hydrogen-bond donors (Lipinski definition) is 1. The van der Waals surface area contributed by atoms with Crippen molar-refractivity contribution in [1.29, 1.82) is 0 Å². The molecular weight excluding hydrogens is 234 g/mol. The van der Waals surface area contributed by atoms with E-state index in [-0.39, 0.29) is 5.41 Å². The van der Waals surface area contributed by atoms with Crippen LogP contribution in [-0.2, 0) is 5.41 Å². The lowest BCUT2D eigenvalue weighted by Crippen LogP contribution is -2.10. The highest BCUT2D eigenvalue weighted by molar-refractivity contribution is 5.59. The Bertz CT molecular complexity index is 565. The minimum Gasteiger partial charge on any atom is -0.455 e. The van der Waals surface area contributed by atoms with E-state index in [0.717, 1.165) is 11.3 Å². The van der Waals surface area contributed by atoms with Gasteiger partial charge in [-0.1, -0.05) is 45.0 Å². The van der Waals surface area contributed by atoms with E-state index in [1.165, 1.54) is 5.56 Å². The van der Waals surface area contributed by atoms with E-state index in [2.05, 4.69) is 32.9 Å². The molecule has 0 saturated carbocycles. The van der Waals surface area contributed by atoms with Gasteiger partial charge in [-0.2, -0.15) is 0 Å². The minimum atomic E-state index is 0.154. The van der Waals surface area contributed by atoms with E-state index in [9.17, 15) is 0 Å². The SMILES string of the molecule is Cc1cccc(Oc2ccc(C(C)(C)C)cc2)c1N. The summed E-state index contributed by atoms with van der Waals surface area (Å²) in [4.78, 5) is 0. The number of para-hydroxylation sites is 1. The van der Waals surface area contributed by atoms with Crippen molar-refractivity contribution in [1.82, 2.24) is 0 Å². The number of benzene rings is 2. The lowest BCUT2D eigenvalue weighted by atomic mass is 9.87. The lowest BCUT2D eigenvalue weighted by Gasteiger charge is -2.19. The van der Waals surface area contributed by atoms with Crippen molar-refractivity contribution >= 4 is 5.69 Å². The van der Waals surface area contributed by atoms with Gasteiger partial charge in [-0.15, -0.1) is 0 Å². The average molecular weight is 255 g/mol. The summed E-state index contributed by atoms with van der Waals surface area (Å²) in [5.74, 6) is 1.52. The molecule has 0 spiro atoms. The fraction of sp³-hybridized carbons (Fsp3) is 0.294. The monoisotopic (exact) mass is 255 g/mol. The van der Waals surface area contributed by atoms with E-state index >= 15 is 0 Å². The Kier molecular flexibility index (Phi) is 3.52. The van der Waals surface area contributed by atoms with Crippen LogP contribution >= 0.6 is 0 Å². The van der Waals surface area contributed by atoms with Crippen LogP contribution < -0.4 is 10.5 Å². The number of hydrogen-bond acceptors (Lipinski definition) is 2. The van der Waals surface area contributed by atoms with Crippen molar-refractivity contribution in [2.24, 2.45) is 0 Å². The second-order valence-corrected chi connectivity index (χ2v) is 5.86. The number of anilines is 1. The second-order valence-electron chi connectivity index (χ2n) is 5.86. The largest absolute Gasteiger partial charge is 0.455 e. The first kappa shape index (κ1) is 13.5. The molecule has 2 aromatic rings. The van der Waals surface area contributed by atoms with Gasteiger partial charge in [0.05, 0.1) is 5.69 Å². The predicted octanol–water partition coefficient (Wildman–Crippen LogP) is 4.67. The van der Waals surface area contributed by atoms with E-state index in [1.807, 2.05) is 37.3 Å². The molecule has 0 aliphatic heterocycles.